The second-order valence-electron chi connectivity index (χ2n) is 14.0. The molecule has 7 rings (SSSR count). The molecule has 0 unspecified atom stereocenters. The van der Waals surface area contributed by atoms with Crippen molar-refractivity contribution in [3.63, 3.8) is 0 Å². The van der Waals surface area contributed by atoms with Crippen molar-refractivity contribution in [2.24, 2.45) is 5.41 Å². The van der Waals surface area contributed by atoms with Gasteiger partial charge in [0.25, 0.3) is 5.91 Å². The summed E-state index contributed by atoms with van der Waals surface area (Å²) >= 11 is 0. The number of allylic oxidation sites excluding steroid dienone is 2. The van der Waals surface area contributed by atoms with Gasteiger partial charge in [-0.1, -0.05) is 30.7 Å². The highest BCUT2D eigenvalue weighted by molar-refractivity contribution is 6.10. The fourth-order valence-electron chi connectivity index (χ4n) is 8.02. The SMILES string of the molecule is CC1=CCC[C@@]2(C)[C@@H](CC[C@@]2(O)CN2CCN(C(=O)c3ccco3)CC2)c2ccc(cc2C(=O)c2ccc(F)c(F)c2)C[C@@H](O)CC1. The number of aliphatic hydroxyl groups excluding tert-OH is 1. The van der Waals surface area contributed by atoms with Crippen molar-refractivity contribution in [1.29, 1.82) is 0 Å². The van der Waals surface area contributed by atoms with Gasteiger partial charge in [0.2, 0.25) is 0 Å². The number of ketones is 1. The Bertz CT molecular complexity index is 1650. The first-order valence-electron chi connectivity index (χ1n) is 16.7. The predicted octanol–water partition coefficient (Wildman–Crippen LogP) is 6.29. The van der Waals surface area contributed by atoms with E-state index < -0.39 is 34.5 Å². The van der Waals surface area contributed by atoms with Crippen LogP contribution in [-0.2, 0) is 6.42 Å². The summed E-state index contributed by atoms with van der Waals surface area (Å²) in [5, 5.41) is 23.5. The van der Waals surface area contributed by atoms with Crippen LogP contribution in [0, 0.1) is 17.0 Å². The molecule has 2 heterocycles. The number of β-amino-alcohol motifs (C(OH)–C–C–N with tert-alkyl or cyclic N) is 1. The summed E-state index contributed by atoms with van der Waals surface area (Å²) < 4.78 is 33.4. The average molecular weight is 647 g/mol. The number of halogens is 2. The van der Waals surface area contributed by atoms with E-state index in [1.165, 1.54) is 17.9 Å². The number of hydrogen-bond donors (Lipinski definition) is 2. The summed E-state index contributed by atoms with van der Waals surface area (Å²) in [7, 11) is 0. The number of nitrogens with zero attached hydrogens (tertiary/aromatic N) is 2. The topological polar surface area (TPSA) is 94.2 Å². The van der Waals surface area contributed by atoms with Crippen molar-refractivity contribution in [2.45, 2.75) is 76.4 Å². The summed E-state index contributed by atoms with van der Waals surface area (Å²) in [6.45, 7) is 6.92. The number of aliphatic hydroxyl groups is 2. The molecule has 1 amide bonds. The normalized spacial score (nSPS) is 27.3. The van der Waals surface area contributed by atoms with Gasteiger partial charge in [-0.2, -0.15) is 0 Å². The maximum Gasteiger partial charge on any atom is 0.289 e. The second-order valence-corrected chi connectivity index (χ2v) is 14.0. The van der Waals surface area contributed by atoms with Crippen molar-refractivity contribution in [1.82, 2.24) is 9.80 Å². The Kier molecular flexibility index (Phi) is 9.52. The molecule has 0 radical (unpaired) electrons. The highest BCUT2D eigenvalue weighted by Gasteiger charge is 2.57. The number of hydrogen-bond acceptors (Lipinski definition) is 6. The zero-order valence-electron chi connectivity index (χ0n) is 27.2. The van der Waals surface area contributed by atoms with Gasteiger partial charge in [-0.25, -0.2) is 8.78 Å². The van der Waals surface area contributed by atoms with Crippen LogP contribution in [-0.4, -0.2) is 76.1 Å². The van der Waals surface area contributed by atoms with E-state index in [0.717, 1.165) is 36.1 Å². The van der Waals surface area contributed by atoms with Crippen LogP contribution >= 0.6 is 0 Å². The lowest BCUT2D eigenvalue weighted by molar-refractivity contribution is -0.0876. The molecule has 2 aromatic carbocycles. The zero-order valence-corrected chi connectivity index (χ0v) is 27.2. The Morgan fingerprint density at radius 3 is 2.51 bits per heavy atom. The molecule has 7 nitrogen and oxygen atoms in total. The Morgan fingerprint density at radius 1 is 1.00 bits per heavy atom. The number of amides is 1. The maximum atomic E-state index is 14.3. The molecule has 1 saturated heterocycles. The third kappa shape index (κ3) is 6.71. The molecule has 250 valence electrons. The van der Waals surface area contributed by atoms with Gasteiger partial charge in [-0.15, -0.1) is 0 Å². The van der Waals surface area contributed by atoms with Crippen molar-refractivity contribution < 1.29 is 33.0 Å². The summed E-state index contributed by atoms with van der Waals surface area (Å²) in [6.07, 6.45) is 7.37. The van der Waals surface area contributed by atoms with Gasteiger partial charge in [0.1, 0.15) is 0 Å². The van der Waals surface area contributed by atoms with Gasteiger partial charge in [-0.3, -0.25) is 14.5 Å². The number of piperazine rings is 1. The minimum atomic E-state index is -1.08. The van der Waals surface area contributed by atoms with E-state index in [2.05, 4.69) is 24.8 Å². The quantitative estimate of drug-likeness (QED) is 0.250. The third-order valence-corrected chi connectivity index (χ3v) is 11.0. The minimum absolute atomic E-state index is 0.0550. The van der Waals surface area contributed by atoms with Gasteiger partial charge in [0.05, 0.1) is 18.0 Å². The first kappa shape index (κ1) is 33.2. The standard InChI is InChI=1S/C38H44F2N2O5/c1-25-5-3-14-37(2)31(13-15-38(37,46)24-41-16-18-42(19-17-41)36(45)34-6-4-20-47-34)29-11-8-26(21-28(43)10-7-25)22-30(29)35(44)27-9-12-32(39)33(40)23-27/h4-6,8-9,11-12,20,22-23,28,31,43,46H,3,7,10,13-19,21,24H2,1-2H3/t28-,31-,37-,38+/m0/s1. The molecule has 47 heavy (non-hydrogen) atoms. The third-order valence-electron chi connectivity index (χ3n) is 11.0. The summed E-state index contributed by atoms with van der Waals surface area (Å²) in [5.41, 5.74) is 1.52. The van der Waals surface area contributed by atoms with Crippen LogP contribution in [0.4, 0.5) is 8.78 Å². The molecule has 2 fully saturated rings. The van der Waals surface area contributed by atoms with Gasteiger partial charge < -0.3 is 19.5 Å². The van der Waals surface area contributed by atoms with E-state index >= 15 is 0 Å². The molecule has 2 N–H and O–H groups in total. The molecule has 3 aliphatic carbocycles. The van der Waals surface area contributed by atoms with Crippen LogP contribution < -0.4 is 0 Å². The molecule has 9 heteroatoms. The van der Waals surface area contributed by atoms with E-state index in [1.807, 2.05) is 12.1 Å². The van der Waals surface area contributed by atoms with Crippen molar-refractivity contribution in [3.05, 3.63) is 106 Å². The fraction of sp³-hybridized carbons (Fsp3) is 0.474. The van der Waals surface area contributed by atoms with Gasteiger partial charge in [0, 0.05) is 49.3 Å². The molecule has 3 aromatic rings. The van der Waals surface area contributed by atoms with Crippen LogP contribution in [0.3, 0.4) is 0 Å². The summed E-state index contributed by atoms with van der Waals surface area (Å²) in [4.78, 5) is 30.9. The molecule has 1 saturated carbocycles. The van der Waals surface area contributed by atoms with Crippen molar-refractivity contribution in [2.75, 3.05) is 32.7 Å². The molecule has 1 aliphatic heterocycles. The lowest BCUT2D eigenvalue weighted by Crippen LogP contribution is -2.57. The highest BCUT2D eigenvalue weighted by Crippen LogP contribution is 2.59. The lowest BCUT2D eigenvalue weighted by atomic mass is 9.64. The molecule has 1 aromatic heterocycles. The smallest absolute Gasteiger partial charge is 0.289 e. The monoisotopic (exact) mass is 646 g/mol. The number of benzene rings is 2. The molecule has 0 spiro atoms. The van der Waals surface area contributed by atoms with Crippen molar-refractivity contribution in [3.8, 4) is 0 Å². The minimum Gasteiger partial charge on any atom is -0.459 e. The Balaban J connectivity index is 1.33. The van der Waals surface area contributed by atoms with Gasteiger partial charge in [-0.05, 0) is 105 Å². The van der Waals surface area contributed by atoms with Crippen LogP contribution in [0.5, 0.6) is 0 Å². The number of rotatable bonds is 5. The average Bonchev–Trinajstić information content (AvgIpc) is 3.68. The van der Waals surface area contributed by atoms with Crippen LogP contribution in [0.1, 0.15) is 95.9 Å². The van der Waals surface area contributed by atoms with E-state index in [4.69, 9.17) is 4.42 Å². The number of carbonyl (C=O) groups is 2. The van der Waals surface area contributed by atoms with Gasteiger partial charge >= 0.3 is 0 Å². The number of furan rings is 1. The maximum absolute atomic E-state index is 14.3. The molecule has 2 bridgehead atoms. The largest absolute Gasteiger partial charge is 0.459 e. The Morgan fingerprint density at radius 2 is 1.79 bits per heavy atom. The molecular formula is C38H44F2N2O5. The summed E-state index contributed by atoms with van der Waals surface area (Å²) in [5.74, 6) is -2.51. The number of carbonyl (C=O) groups excluding carboxylic acids is 2. The van der Waals surface area contributed by atoms with E-state index in [0.29, 0.717) is 76.2 Å². The molecular weight excluding hydrogens is 602 g/mol. The Labute approximate surface area is 274 Å². The van der Waals surface area contributed by atoms with E-state index in [9.17, 15) is 28.6 Å². The lowest BCUT2D eigenvalue weighted by Gasteiger charge is -2.47. The second kappa shape index (κ2) is 13.5. The zero-order chi connectivity index (χ0) is 33.3. The van der Waals surface area contributed by atoms with E-state index in [1.54, 1.807) is 23.1 Å². The predicted molar refractivity (Wildman–Crippen MR) is 174 cm³/mol. The number of fused-ring (bicyclic) bond motifs is 8. The first-order chi connectivity index (χ1) is 22.5. The molecule has 4 aliphatic rings. The van der Waals surface area contributed by atoms with Crippen LogP contribution in [0.25, 0.3) is 0 Å². The molecule has 4 atom stereocenters. The first-order valence-corrected chi connectivity index (χ1v) is 16.7. The van der Waals surface area contributed by atoms with Crippen LogP contribution in [0.2, 0.25) is 0 Å². The fourth-order valence-corrected chi connectivity index (χ4v) is 8.02. The van der Waals surface area contributed by atoms with Crippen LogP contribution in [0.15, 0.2) is 70.9 Å². The summed E-state index contributed by atoms with van der Waals surface area (Å²) in [6, 6.07) is 12.3. The Hall–Kier alpha value is -3.66. The van der Waals surface area contributed by atoms with E-state index in [-0.39, 0.29) is 17.4 Å². The highest BCUT2D eigenvalue weighted by atomic mass is 19.2. The van der Waals surface area contributed by atoms with Crippen molar-refractivity contribution >= 4 is 11.7 Å². The van der Waals surface area contributed by atoms with Gasteiger partial charge in [0.15, 0.2) is 23.2 Å².